The number of fused-ring (bicyclic) bond motifs is 1. The Bertz CT molecular complexity index is 1090. The predicted octanol–water partition coefficient (Wildman–Crippen LogP) is 3.07. The molecule has 2 aliphatic heterocycles. The van der Waals surface area contributed by atoms with E-state index in [2.05, 4.69) is 60.3 Å². The maximum absolute atomic E-state index is 11.5. The number of hydrogen-bond acceptors (Lipinski definition) is 6. The second-order valence-corrected chi connectivity index (χ2v) is 8.39. The molecule has 2 bridgehead atoms. The van der Waals surface area contributed by atoms with E-state index in [0.29, 0.717) is 24.8 Å². The second-order valence-electron chi connectivity index (χ2n) is 8.39. The summed E-state index contributed by atoms with van der Waals surface area (Å²) in [6.07, 6.45) is 5.66. The van der Waals surface area contributed by atoms with Crippen molar-refractivity contribution in [1.29, 1.82) is 0 Å². The van der Waals surface area contributed by atoms with Gasteiger partial charge >= 0.3 is 0 Å². The maximum Gasteiger partial charge on any atom is 0.228 e. The van der Waals surface area contributed by atoms with Crippen LogP contribution in [0.15, 0.2) is 48.8 Å². The number of aromatic nitrogens is 4. The Balaban J connectivity index is 1.55. The van der Waals surface area contributed by atoms with E-state index in [-0.39, 0.29) is 11.4 Å². The predicted molar refractivity (Wildman–Crippen MR) is 118 cm³/mol. The number of anilines is 2. The number of amides is 1. The molecule has 3 aromatic rings. The highest BCUT2D eigenvalue weighted by molar-refractivity contribution is 5.89. The van der Waals surface area contributed by atoms with E-state index >= 15 is 0 Å². The van der Waals surface area contributed by atoms with Gasteiger partial charge in [-0.1, -0.05) is 30.3 Å². The Morgan fingerprint density at radius 2 is 2.03 bits per heavy atom. The van der Waals surface area contributed by atoms with Crippen molar-refractivity contribution in [1.82, 2.24) is 19.7 Å². The zero-order valence-corrected chi connectivity index (χ0v) is 17.8. The van der Waals surface area contributed by atoms with Crippen LogP contribution >= 0.6 is 0 Å². The summed E-state index contributed by atoms with van der Waals surface area (Å²) >= 11 is 0. The molecule has 160 valence electrons. The fraction of sp³-hybridized carbons (Fsp3) is 0.391. The van der Waals surface area contributed by atoms with Crippen LogP contribution in [0.2, 0.25) is 0 Å². The molecule has 1 aliphatic carbocycles. The minimum Gasteiger partial charge on any atom is -0.383 e. The Morgan fingerprint density at radius 3 is 2.77 bits per heavy atom. The van der Waals surface area contributed by atoms with Gasteiger partial charge in [0.05, 0.1) is 30.6 Å². The number of benzene rings is 1. The van der Waals surface area contributed by atoms with Gasteiger partial charge in [-0.25, -0.2) is 0 Å². The number of nitrogens with one attached hydrogen (secondary N) is 1. The number of methoxy groups -OCH3 is 1. The molecule has 3 aliphatic rings. The SMILES string of the molecule is COCCn1c(-c2cncc(NC(C)=O)c2)nnc1N1CC2CC1(c1ccccc1)C2. The van der Waals surface area contributed by atoms with Gasteiger partial charge in [0, 0.05) is 32.3 Å². The summed E-state index contributed by atoms with van der Waals surface area (Å²) in [6, 6.07) is 12.6. The zero-order valence-electron chi connectivity index (χ0n) is 17.8. The molecule has 0 unspecified atom stereocenters. The van der Waals surface area contributed by atoms with Crippen molar-refractivity contribution in [2.24, 2.45) is 5.92 Å². The standard InChI is InChI=1S/C23H26N6O2/c1-16(30)25-20-10-18(13-24-14-20)21-26-27-22(28(21)8-9-31-2)29-15-17-11-23(29,12-17)19-6-4-3-5-7-19/h3-7,10,13-14,17H,8-9,11-12,15H2,1-2H3,(H,25,30). The molecule has 2 aromatic heterocycles. The van der Waals surface area contributed by atoms with Crippen LogP contribution in [0.5, 0.6) is 0 Å². The van der Waals surface area contributed by atoms with Crippen LogP contribution in [0.25, 0.3) is 11.4 Å². The monoisotopic (exact) mass is 418 g/mol. The second kappa shape index (κ2) is 7.77. The van der Waals surface area contributed by atoms with E-state index < -0.39 is 0 Å². The Morgan fingerprint density at radius 1 is 1.23 bits per heavy atom. The number of pyridine rings is 1. The number of ether oxygens (including phenoxy) is 1. The lowest BCUT2D eigenvalue weighted by Gasteiger charge is -2.43. The van der Waals surface area contributed by atoms with Crippen LogP contribution in [-0.2, 0) is 21.6 Å². The minimum absolute atomic E-state index is 0.0165. The zero-order chi connectivity index (χ0) is 21.4. The van der Waals surface area contributed by atoms with Crippen molar-refractivity contribution in [3.8, 4) is 11.4 Å². The lowest BCUT2D eigenvalue weighted by atomic mass is 9.69. The summed E-state index contributed by atoms with van der Waals surface area (Å²) in [5, 5.41) is 12.0. The molecule has 8 nitrogen and oxygen atoms in total. The van der Waals surface area contributed by atoms with E-state index in [9.17, 15) is 4.79 Å². The molecule has 0 spiro atoms. The summed E-state index contributed by atoms with van der Waals surface area (Å²) in [5.41, 5.74) is 2.76. The molecule has 4 heterocycles. The van der Waals surface area contributed by atoms with Gasteiger partial charge < -0.3 is 15.0 Å². The molecular weight excluding hydrogens is 392 g/mol. The fourth-order valence-electron chi connectivity index (χ4n) is 5.02. The normalized spacial score (nSPS) is 21.7. The molecule has 3 fully saturated rings. The third-order valence-corrected chi connectivity index (χ3v) is 6.33. The average Bonchev–Trinajstić information content (AvgIpc) is 3.43. The van der Waals surface area contributed by atoms with Crippen LogP contribution < -0.4 is 10.2 Å². The number of rotatable bonds is 7. The van der Waals surface area contributed by atoms with E-state index in [1.165, 1.54) is 12.5 Å². The number of carbonyl (C=O) groups is 1. The quantitative estimate of drug-likeness (QED) is 0.635. The lowest BCUT2D eigenvalue weighted by molar-refractivity contribution is -0.114. The number of carbonyl (C=O) groups excluding carboxylic acids is 1. The maximum atomic E-state index is 11.5. The summed E-state index contributed by atoms with van der Waals surface area (Å²) in [6.45, 7) is 3.63. The molecule has 6 rings (SSSR count). The Labute approximate surface area is 181 Å². The molecular formula is C23H26N6O2. The molecule has 8 heteroatoms. The molecule has 1 saturated carbocycles. The highest BCUT2D eigenvalue weighted by Gasteiger charge is 2.58. The summed E-state index contributed by atoms with van der Waals surface area (Å²) < 4.78 is 7.49. The first kappa shape index (κ1) is 19.7. The molecule has 1 amide bonds. The molecule has 31 heavy (non-hydrogen) atoms. The molecule has 0 atom stereocenters. The third kappa shape index (κ3) is 3.37. The topological polar surface area (TPSA) is 85.2 Å². The Kier molecular flexibility index (Phi) is 4.94. The average molecular weight is 419 g/mol. The highest BCUT2D eigenvalue weighted by Crippen LogP contribution is 2.58. The van der Waals surface area contributed by atoms with Gasteiger partial charge in [0.1, 0.15) is 0 Å². The van der Waals surface area contributed by atoms with Gasteiger partial charge in [-0.2, -0.15) is 0 Å². The van der Waals surface area contributed by atoms with E-state index in [1.807, 2.05) is 6.07 Å². The minimum atomic E-state index is -0.137. The summed E-state index contributed by atoms with van der Waals surface area (Å²) in [4.78, 5) is 18.2. The van der Waals surface area contributed by atoms with E-state index in [4.69, 9.17) is 4.74 Å². The van der Waals surface area contributed by atoms with Crippen molar-refractivity contribution in [2.45, 2.75) is 31.8 Å². The van der Waals surface area contributed by atoms with Crippen LogP contribution in [-0.4, -0.2) is 45.9 Å². The van der Waals surface area contributed by atoms with Gasteiger partial charge in [-0.05, 0) is 30.4 Å². The van der Waals surface area contributed by atoms with Crippen LogP contribution in [0, 0.1) is 5.92 Å². The summed E-state index contributed by atoms with van der Waals surface area (Å²) in [5.74, 6) is 2.13. The van der Waals surface area contributed by atoms with Crippen molar-refractivity contribution < 1.29 is 9.53 Å². The summed E-state index contributed by atoms with van der Waals surface area (Å²) in [7, 11) is 1.70. The smallest absolute Gasteiger partial charge is 0.228 e. The van der Waals surface area contributed by atoms with E-state index in [1.54, 1.807) is 19.5 Å². The van der Waals surface area contributed by atoms with Crippen LogP contribution in [0.3, 0.4) is 0 Å². The van der Waals surface area contributed by atoms with Crippen LogP contribution in [0.1, 0.15) is 25.3 Å². The largest absolute Gasteiger partial charge is 0.383 e. The Hall–Kier alpha value is -3.26. The van der Waals surface area contributed by atoms with Crippen molar-refractivity contribution in [2.75, 3.05) is 30.5 Å². The van der Waals surface area contributed by atoms with Gasteiger partial charge in [0.15, 0.2) is 5.82 Å². The first-order chi connectivity index (χ1) is 15.1. The van der Waals surface area contributed by atoms with Crippen molar-refractivity contribution in [3.05, 3.63) is 54.4 Å². The molecule has 2 saturated heterocycles. The van der Waals surface area contributed by atoms with Gasteiger partial charge in [-0.3, -0.25) is 14.3 Å². The van der Waals surface area contributed by atoms with Crippen molar-refractivity contribution in [3.63, 3.8) is 0 Å². The van der Waals surface area contributed by atoms with Gasteiger partial charge in [-0.15, -0.1) is 10.2 Å². The van der Waals surface area contributed by atoms with Gasteiger partial charge in [0.2, 0.25) is 11.9 Å². The highest BCUT2D eigenvalue weighted by atomic mass is 16.5. The van der Waals surface area contributed by atoms with E-state index in [0.717, 1.165) is 36.7 Å². The fourth-order valence-corrected chi connectivity index (χ4v) is 5.02. The number of nitrogens with zero attached hydrogens (tertiary/aromatic N) is 5. The first-order valence-electron chi connectivity index (χ1n) is 10.6. The molecule has 0 radical (unpaired) electrons. The number of hydrogen-bond donors (Lipinski definition) is 1. The van der Waals surface area contributed by atoms with Gasteiger partial charge in [0.25, 0.3) is 0 Å². The molecule has 1 aromatic carbocycles. The first-order valence-corrected chi connectivity index (χ1v) is 10.6. The van der Waals surface area contributed by atoms with Crippen molar-refractivity contribution >= 4 is 17.5 Å². The third-order valence-electron chi connectivity index (χ3n) is 6.33. The molecule has 1 N–H and O–H groups in total. The lowest BCUT2D eigenvalue weighted by Crippen LogP contribution is -2.44. The van der Waals surface area contributed by atoms with Crippen LogP contribution in [0.4, 0.5) is 11.6 Å².